The molecule has 0 saturated heterocycles. The zero-order valence-electron chi connectivity index (χ0n) is 14.4. The molecule has 0 aliphatic heterocycles. The minimum atomic E-state index is 0.375. The number of para-hydroxylation sites is 1. The summed E-state index contributed by atoms with van der Waals surface area (Å²) in [5.41, 5.74) is 8.09. The van der Waals surface area contributed by atoms with Crippen molar-refractivity contribution in [1.82, 2.24) is 20.4 Å². The number of aliphatic imine (C=N–C) groups is 1. The van der Waals surface area contributed by atoms with Gasteiger partial charge in [0.15, 0.2) is 5.96 Å². The summed E-state index contributed by atoms with van der Waals surface area (Å²) in [4.78, 5) is 4.12. The van der Waals surface area contributed by atoms with Crippen LogP contribution >= 0.6 is 0 Å². The average molecular weight is 337 g/mol. The fourth-order valence-corrected chi connectivity index (χ4v) is 2.39. The molecule has 0 unspecified atom stereocenters. The third kappa shape index (κ3) is 4.61. The monoisotopic (exact) mass is 337 g/mol. The molecule has 7 heteroatoms. The van der Waals surface area contributed by atoms with Gasteiger partial charge in [0.05, 0.1) is 11.4 Å². The summed E-state index contributed by atoms with van der Waals surface area (Å²) in [5.74, 6) is 1.09. The number of anilines is 1. The number of hydrogen-bond acceptors (Lipinski definition) is 4. The Bertz CT molecular complexity index is 769. The van der Waals surface area contributed by atoms with E-state index in [0.29, 0.717) is 36.6 Å². The minimum Gasteiger partial charge on any atom is -0.382 e. The Morgan fingerprint density at radius 2 is 2.16 bits per heavy atom. The van der Waals surface area contributed by atoms with Crippen LogP contribution in [-0.2, 0) is 6.42 Å². The van der Waals surface area contributed by atoms with Crippen LogP contribution in [0.25, 0.3) is 5.69 Å². The summed E-state index contributed by atoms with van der Waals surface area (Å²) < 4.78 is 1.62. The number of hydrogen-bond donors (Lipinski definition) is 3. The van der Waals surface area contributed by atoms with Crippen molar-refractivity contribution < 1.29 is 0 Å². The molecule has 2 aromatic rings. The van der Waals surface area contributed by atoms with E-state index in [4.69, 9.17) is 5.73 Å². The standard InChI is InChI=1S/C18H23N7/c1-3-11-22-18(21-2)23-12-7-10-16-15(13-19)17(20)25(24-16)14-8-5-4-6-9-14/h3-6,8-9H,1,7,10-12,20H2,2H3,(H2,21,22,23). The number of nitrogen functional groups attached to an aromatic ring is 1. The second-order valence-electron chi connectivity index (χ2n) is 5.34. The topological polar surface area (TPSA) is 104 Å². The van der Waals surface area contributed by atoms with E-state index in [9.17, 15) is 5.26 Å². The third-order valence-electron chi connectivity index (χ3n) is 3.63. The Hall–Kier alpha value is -3.27. The summed E-state index contributed by atoms with van der Waals surface area (Å²) >= 11 is 0. The first kappa shape index (κ1) is 18.1. The van der Waals surface area contributed by atoms with Crippen molar-refractivity contribution in [3.05, 3.63) is 54.2 Å². The predicted octanol–water partition coefficient (Wildman–Crippen LogP) is 1.61. The van der Waals surface area contributed by atoms with Gasteiger partial charge in [-0.05, 0) is 25.0 Å². The van der Waals surface area contributed by atoms with Crippen LogP contribution in [0.15, 0.2) is 48.0 Å². The first-order valence-electron chi connectivity index (χ1n) is 8.09. The molecule has 0 spiro atoms. The zero-order chi connectivity index (χ0) is 18.1. The summed E-state index contributed by atoms with van der Waals surface area (Å²) in [6.07, 6.45) is 3.22. The molecule has 130 valence electrons. The molecule has 4 N–H and O–H groups in total. The van der Waals surface area contributed by atoms with Gasteiger partial charge in [-0.25, -0.2) is 4.68 Å². The summed E-state index contributed by atoms with van der Waals surface area (Å²) in [6, 6.07) is 11.7. The van der Waals surface area contributed by atoms with E-state index in [-0.39, 0.29) is 0 Å². The quantitative estimate of drug-likeness (QED) is 0.308. The smallest absolute Gasteiger partial charge is 0.191 e. The molecule has 1 aromatic carbocycles. The average Bonchev–Trinajstić information content (AvgIpc) is 2.97. The molecule has 0 aliphatic rings. The van der Waals surface area contributed by atoms with E-state index in [1.54, 1.807) is 17.8 Å². The Kier molecular flexibility index (Phi) is 6.60. The number of nitrogens with zero attached hydrogens (tertiary/aromatic N) is 4. The van der Waals surface area contributed by atoms with Crippen LogP contribution in [0, 0.1) is 11.3 Å². The maximum atomic E-state index is 9.40. The Balaban J connectivity index is 2.01. The van der Waals surface area contributed by atoms with Crippen molar-refractivity contribution in [1.29, 1.82) is 5.26 Å². The molecular weight excluding hydrogens is 314 g/mol. The van der Waals surface area contributed by atoms with Crippen LogP contribution in [0.1, 0.15) is 17.7 Å². The molecule has 0 radical (unpaired) electrons. The van der Waals surface area contributed by atoms with Gasteiger partial charge in [-0.15, -0.1) is 6.58 Å². The largest absolute Gasteiger partial charge is 0.382 e. The molecule has 1 aromatic heterocycles. The molecule has 0 fully saturated rings. The van der Waals surface area contributed by atoms with Gasteiger partial charge in [-0.3, -0.25) is 4.99 Å². The zero-order valence-corrected chi connectivity index (χ0v) is 14.4. The fourth-order valence-electron chi connectivity index (χ4n) is 2.39. The van der Waals surface area contributed by atoms with Crippen molar-refractivity contribution in [2.45, 2.75) is 12.8 Å². The molecule has 0 aliphatic carbocycles. The molecule has 7 nitrogen and oxygen atoms in total. The van der Waals surface area contributed by atoms with Gasteiger partial charge in [0.2, 0.25) is 0 Å². The predicted molar refractivity (Wildman–Crippen MR) is 101 cm³/mol. The van der Waals surface area contributed by atoms with E-state index < -0.39 is 0 Å². The number of aromatic nitrogens is 2. The van der Waals surface area contributed by atoms with Crippen molar-refractivity contribution in [2.24, 2.45) is 4.99 Å². The van der Waals surface area contributed by atoms with E-state index in [1.165, 1.54) is 0 Å². The van der Waals surface area contributed by atoms with Gasteiger partial charge in [0.1, 0.15) is 17.5 Å². The van der Waals surface area contributed by atoms with E-state index in [1.807, 2.05) is 30.3 Å². The number of nitrogens with one attached hydrogen (secondary N) is 2. The van der Waals surface area contributed by atoms with Gasteiger partial charge in [0.25, 0.3) is 0 Å². The highest BCUT2D eigenvalue weighted by Crippen LogP contribution is 2.21. The van der Waals surface area contributed by atoms with Crippen LogP contribution in [0.5, 0.6) is 0 Å². The maximum absolute atomic E-state index is 9.40. The first-order valence-corrected chi connectivity index (χ1v) is 8.09. The van der Waals surface area contributed by atoms with E-state index in [0.717, 1.165) is 18.1 Å². The fraction of sp³-hybridized carbons (Fsp3) is 0.278. The normalized spacial score (nSPS) is 11.0. The number of aryl methyl sites for hydroxylation is 1. The van der Waals surface area contributed by atoms with Gasteiger partial charge < -0.3 is 16.4 Å². The highest BCUT2D eigenvalue weighted by atomic mass is 15.3. The molecule has 0 bridgehead atoms. The summed E-state index contributed by atoms with van der Waals surface area (Å²) in [7, 11) is 1.72. The van der Waals surface area contributed by atoms with Gasteiger partial charge >= 0.3 is 0 Å². The minimum absolute atomic E-state index is 0.375. The van der Waals surface area contributed by atoms with Crippen molar-refractivity contribution >= 4 is 11.8 Å². The number of nitrogens with two attached hydrogens (primary N) is 1. The second kappa shape index (κ2) is 9.13. The number of guanidine groups is 1. The molecule has 0 atom stereocenters. The van der Waals surface area contributed by atoms with Gasteiger partial charge in [-0.1, -0.05) is 24.3 Å². The van der Waals surface area contributed by atoms with Gasteiger partial charge in [-0.2, -0.15) is 10.4 Å². The molecule has 25 heavy (non-hydrogen) atoms. The van der Waals surface area contributed by atoms with Crippen LogP contribution < -0.4 is 16.4 Å². The van der Waals surface area contributed by atoms with E-state index >= 15 is 0 Å². The molecular formula is C18H23N7. The molecule has 2 rings (SSSR count). The summed E-state index contributed by atoms with van der Waals surface area (Å²) in [5, 5.41) is 20.2. The first-order chi connectivity index (χ1) is 12.2. The molecule has 0 amide bonds. The lowest BCUT2D eigenvalue weighted by atomic mass is 10.1. The van der Waals surface area contributed by atoms with E-state index in [2.05, 4.69) is 33.4 Å². The highest BCUT2D eigenvalue weighted by molar-refractivity contribution is 5.79. The maximum Gasteiger partial charge on any atom is 0.191 e. The lowest BCUT2D eigenvalue weighted by Gasteiger charge is -2.09. The second-order valence-corrected chi connectivity index (χ2v) is 5.34. The van der Waals surface area contributed by atoms with Crippen molar-refractivity contribution in [3.63, 3.8) is 0 Å². The highest BCUT2D eigenvalue weighted by Gasteiger charge is 2.16. The lowest BCUT2D eigenvalue weighted by Crippen LogP contribution is -2.37. The van der Waals surface area contributed by atoms with Crippen LogP contribution in [0.4, 0.5) is 5.82 Å². The van der Waals surface area contributed by atoms with Crippen LogP contribution in [0.3, 0.4) is 0 Å². The van der Waals surface area contributed by atoms with Gasteiger partial charge in [0, 0.05) is 20.1 Å². The van der Waals surface area contributed by atoms with Crippen molar-refractivity contribution in [2.75, 3.05) is 25.9 Å². The molecule has 1 heterocycles. The Labute approximate surface area is 147 Å². The Morgan fingerprint density at radius 1 is 1.40 bits per heavy atom. The Morgan fingerprint density at radius 3 is 2.80 bits per heavy atom. The number of rotatable bonds is 7. The SMILES string of the molecule is C=CCNC(=NC)NCCCc1nn(-c2ccccc2)c(N)c1C#N. The molecule has 0 saturated carbocycles. The number of nitriles is 1. The van der Waals surface area contributed by atoms with Crippen molar-refractivity contribution in [3.8, 4) is 11.8 Å². The van der Waals surface area contributed by atoms with Crippen LogP contribution in [0.2, 0.25) is 0 Å². The summed E-state index contributed by atoms with van der Waals surface area (Å²) in [6.45, 7) is 5.02. The van der Waals surface area contributed by atoms with Crippen LogP contribution in [-0.4, -0.2) is 35.9 Å². The number of benzene rings is 1. The third-order valence-corrected chi connectivity index (χ3v) is 3.63. The lowest BCUT2D eigenvalue weighted by molar-refractivity contribution is 0.728.